The number of hydrazone groups is 2. The van der Waals surface area contributed by atoms with E-state index in [1.807, 2.05) is 27.7 Å². The van der Waals surface area contributed by atoms with E-state index in [0.717, 1.165) is 12.8 Å². The van der Waals surface area contributed by atoms with Crippen molar-refractivity contribution < 1.29 is 35.9 Å². The zero-order chi connectivity index (χ0) is 41.5. The molecule has 0 radical (unpaired) electrons. The van der Waals surface area contributed by atoms with Gasteiger partial charge in [0, 0.05) is 45.1 Å². The average Bonchev–Trinajstić information content (AvgIpc) is 3.70. The van der Waals surface area contributed by atoms with Gasteiger partial charge < -0.3 is 20.1 Å². The number of nitrogens with one attached hydrogen (secondary N) is 2. The quantitative estimate of drug-likeness (QED) is 0.284. The fourth-order valence-electron chi connectivity index (χ4n) is 7.77. The van der Waals surface area contributed by atoms with Crippen LogP contribution >= 0.6 is 0 Å². The van der Waals surface area contributed by atoms with Gasteiger partial charge in [0.2, 0.25) is 20.0 Å². The molecule has 1 fully saturated rings. The number of aliphatic imine (C=N–C) groups is 2. The number of hydrogen-bond acceptors (Lipinski definition) is 14. The summed E-state index contributed by atoms with van der Waals surface area (Å²) in [4.78, 5) is 35.7. The molecule has 58 heavy (non-hydrogen) atoms. The highest BCUT2D eigenvalue weighted by Crippen LogP contribution is 2.32. The zero-order valence-electron chi connectivity index (χ0n) is 33.5. The van der Waals surface area contributed by atoms with Crippen molar-refractivity contribution in [2.75, 3.05) is 39.4 Å². The van der Waals surface area contributed by atoms with Crippen LogP contribution in [0.1, 0.15) is 78.4 Å². The van der Waals surface area contributed by atoms with Crippen molar-refractivity contribution >= 4 is 55.2 Å². The van der Waals surface area contributed by atoms with Gasteiger partial charge in [-0.15, -0.1) is 0 Å². The van der Waals surface area contributed by atoms with Crippen molar-refractivity contribution in [3.63, 3.8) is 0 Å². The lowest BCUT2D eigenvalue weighted by Crippen LogP contribution is -2.54. The molecule has 20 heteroatoms. The molecule has 0 spiro atoms. The smallest absolute Gasteiger partial charge is 0.252 e. The van der Waals surface area contributed by atoms with E-state index < -0.39 is 32.1 Å². The fraction of sp³-hybridized carbons (Fsp3) is 0.526. The Bertz CT molecular complexity index is 2320. The monoisotopic (exact) mass is 838 g/mol. The second kappa shape index (κ2) is 16.4. The van der Waals surface area contributed by atoms with Crippen molar-refractivity contribution in [1.82, 2.24) is 29.3 Å². The predicted octanol–water partition coefficient (Wildman–Crippen LogP) is 2.30. The second-order valence-corrected chi connectivity index (χ2v) is 18.4. The van der Waals surface area contributed by atoms with Crippen LogP contribution in [0.15, 0.2) is 66.4 Å². The SMILES string of the molecule is CCCC1=NC(C)C2C(=O)NC(c3ccc(S(=O)(=O)N4CCN(S(=O)(=O)c5ccc(OCC)c(C6=NN7C(CCC)=NC(C)C7C(=O)N6)c5)CC4)cc3OCC)=NN12. The van der Waals surface area contributed by atoms with Crippen LogP contribution in [-0.2, 0) is 29.6 Å². The number of amides is 2. The molecule has 0 aromatic heterocycles. The molecule has 5 aliphatic heterocycles. The normalized spacial score (nSPS) is 24.0. The molecule has 4 atom stereocenters. The summed E-state index contributed by atoms with van der Waals surface area (Å²) in [5.74, 6) is 1.78. The van der Waals surface area contributed by atoms with Gasteiger partial charge in [-0.2, -0.15) is 18.8 Å². The number of hydrogen-bond donors (Lipinski definition) is 2. The summed E-state index contributed by atoms with van der Waals surface area (Å²) >= 11 is 0. The summed E-state index contributed by atoms with van der Waals surface area (Å²) in [5, 5.41) is 18.4. The molecule has 312 valence electrons. The molecule has 0 aliphatic carbocycles. The number of piperazine rings is 1. The Balaban J connectivity index is 1.10. The second-order valence-electron chi connectivity index (χ2n) is 14.5. The van der Waals surface area contributed by atoms with Crippen molar-refractivity contribution in [2.45, 2.75) is 101 Å². The van der Waals surface area contributed by atoms with Crippen LogP contribution in [0.5, 0.6) is 11.5 Å². The first-order valence-corrected chi connectivity index (χ1v) is 22.7. The van der Waals surface area contributed by atoms with E-state index in [2.05, 4.69) is 20.6 Å². The number of nitrogens with zero attached hydrogens (tertiary/aromatic N) is 8. The van der Waals surface area contributed by atoms with Crippen LogP contribution in [0.25, 0.3) is 0 Å². The maximum Gasteiger partial charge on any atom is 0.252 e. The van der Waals surface area contributed by atoms with Crippen LogP contribution in [-0.4, -0.2) is 134 Å². The molecule has 0 saturated carbocycles. The molecular formula is C38H50N10O8S2. The molecule has 2 aromatic carbocycles. The Labute approximate surface area is 339 Å². The topological polar surface area (TPSA) is 207 Å². The Morgan fingerprint density at radius 2 is 1.09 bits per heavy atom. The predicted molar refractivity (Wildman–Crippen MR) is 217 cm³/mol. The number of amidine groups is 4. The Hall–Kier alpha value is -4.92. The molecule has 2 aromatic rings. The highest BCUT2D eigenvalue weighted by atomic mass is 32.2. The number of rotatable bonds is 14. The van der Waals surface area contributed by atoms with Crippen LogP contribution in [0, 0.1) is 0 Å². The lowest BCUT2D eigenvalue weighted by molar-refractivity contribution is -0.125. The largest absolute Gasteiger partial charge is 0.493 e. The maximum atomic E-state index is 14.1. The highest BCUT2D eigenvalue weighted by molar-refractivity contribution is 7.89. The first-order chi connectivity index (χ1) is 27.7. The van der Waals surface area contributed by atoms with Gasteiger partial charge in [-0.25, -0.2) is 26.9 Å². The van der Waals surface area contributed by atoms with E-state index in [4.69, 9.17) is 19.7 Å². The van der Waals surface area contributed by atoms with Gasteiger partial charge >= 0.3 is 0 Å². The standard InChI is InChI=1S/C38H50N10O8S2/c1-7-11-31-39-23(5)33-37(49)41-35(43-47(31)33)27-15-13-26(22-30(27)56-10-4)58(53,54)46-19-17-45(18-20-46)57(51,52)25-14-16-29(55-9-3)28(21-25)36-42-38(50)34-24(6)40-32(12-8-2)48(34)44-36/h13-16,21-24,33-34H,7-12,17-20H2,1-6H3,(H,41,43,49)(H,42,44,50). The lowest BCUT2D eigenvalue weighted by atomic mass is 10.1. The average molecular weight is 839 g/mol. The Kier molecular flexibility index (Phi) is 11.6. The van der Waals surface area contributed by atoms with Gasteiger partial charge in [0.05, 0.1) is 46.2 Å². The number of carbonyl (C=O) groups is 2. The van der Waals surface area contributed by atoms with E-state index >= 15 is 0 Å². The molecular weight excluding hydrogens is 789 g/mol. The first-order valence-electron chi connectivity index (χ1n) is 19.8. The summed E-state index contributed by atoms with van der Waals surface area (Å²) in [5.41, 5.74) is 0.708. The Morgan fingerprint density at radius 3 is 1.57 bits per heavy atom. The summed E-state index contributed by atoms with van der Waals surface area (Å²) in [6.07, 6.45) is 2.91. The molecule has 1 saturated heterocycles. The van der Waals surface area contributed by atoms with Gasteiger partial charge in [0.1, 0.15) is 23.2 Å². The molecule has 18 nitrogen and oxygen atoms in total. The van der Waals surface area contributed by atoms with Gasteiger partial charge in [-0.05, 0) is 70.9 Å². The van der Waals surface area contributed by atoms with Crippen molar-refractivity contribution in [1.29, 1.82) is 0 Å². The third-order valence-corrected chi connectivity index (χ3v) is 14.3. The summed E-state index contributed by atoms with van der Waals surface area (Å²) < 4.78 is 70.5. The summed E-state index contributed by atoms with van der Waals surface area (Å²) in [6, 6.07) is 7.05. The maximum absolute atomic E-state index is 14.1. The molecule has 0 bridgehead atoms. The lowest BCUT2D eigenvalue weighted by Gasteiger charge is -2.33. The molecule has 7 rings (SSSR count). The molecule has 5 aliphatic rings. The molecule has 5 heterocycles. The number of ether oxygens (including phenoxy) is 2. The number of fused-ring (bicyclic) bond motifs is 2. The minimum Gasteiger partial charge on any atom is -0.493 e. The van der Waals surface area contributed by atoms with Gasteiger partial charge in [0.15, 0.2) is 23.8 Å². The number of sulfonamides is 2. The van der Waals surface area contributed by atoms with Crippen LogP contribution in [0.3, 0.4) is 0 Å². The van der Waals surface area contributed by atoms with Crippen LogP contribution in [0.2, 0.25) is 0 Å². The van der Waals surface area contributed by atoms with Crippen molar-refractivity contribution in [3.05, 3.63) is 47.5 Å². The highest BCUT2D eigenvalue weighted by Gasteiger charge is 2.44. The van der Waals surface area contributed by atoms with Crippen LogP contribution in [0.4, 0.5) is 0 Å². The fourth-order valence-corrected chi connectivity index (χ4v) is 10.7. The minimum atomic E-state index is -4.13. The molecule has 2 amide bonds. The molecule has 4 unspecified atom stereocenters. The molecule has 2 N–H and O–H groups in total. The Morgan fingerprint density at radius 1 is 0.638 bits per heavy atom. The first kappa shape index (κ1) is 41.2. The van der Waals surface area contributed by atoms with Gasteiger partial charge in [-0.3, -0.25) is 19.6 Å². The van der Waals surface area contributed by atoms with E-state index in [-0.39, 0.29) is 90.5 Å². The van der Waals surface area contributed by atoms with Crippen LogP contribution < -0.4 is 20.1 Å². The van der Waals surface area contributed by atoms with E-state index in [9.17, 15) is 26.4 Å². The van der Waals surface area contributed by atoms with Crippen molar-refractivity contribution in [2.24, 2.45) is 20.2 Å². The number of benzene rings is 2. The zero-order valence-corrected chi connectivity index (χ0v) is 35.1. The third kappa shape index (κ3) is 7.46. The van der Waals surface area contributed by atoms with E-state index in [1.165, 1.54) is 38.9 Å². The van der Waals surface area contributed by atoms with E-state index in [0.29, 0.717) is 41.4 Å². The summed E-state index contributed by atoms with van der Waals surface area (Å²) in [6.45, 7) is 11.4. The van der Waals surface area contributed by atoms with Gasteiger partial charge in [0.25, 0.3) is 11.8 Å². The van der Waals surface area contributed by atoms with Gasteiger partial charge in [-0.1, -0.05) is 13.8 Å². The van der Waals surface area contributed by atoms with Crippen molar-refractivity contribution in [3.8, 4) is 11.5 Å². The third-order valence-electron chi connectivity index (χ3n) is 10.5. The summed E-state index contributed by atoms with van der Waals surface area (Å²) in [7, 11) is -8.23. The number of carbonyl (C=O) groups excluding carboxylic acids is 2. The minimum absolute atomic E-state index is 0.0483. The van der Waals surface area contributed by atoms with E-state index in [1.54, 1.807) is 29.9 Å².